The molecule has 0 saturated heterocycles. The second-order valence-electron chi connectivity index (χ2n) is 6.56. The zero-order valence-electron chi connectivity index (χ0n) is 17.0. The van der Waals surface area contributed by atoms with Crippen LogP contribution in [0.15, 0.2) is 46.9 Å². The van der Waals surface area contributed by atoms with Crippen LogP contribution >= 0.6 is 34.5 Å². The Bertz CT molecular complexity index is 1170. The van der Waals surface area contributed by atoms with Crippen molar-refractivity contribution in [3.8, 4) is 5.75 Å². The lowest BCUT2D eigenvalue weighted by Gasteiger charge is -2.09. The molecule has 0 fully saturated rings. The zero-order chi connectivity index (χ0) is 24.0. The van der Waals surface area contributed by atoms with Crippen molar-refractivity contribution >= 4 is 57.5 Å². The Hall–Kier alpha value is -2.82. The van der Waals surface area contributed by atoms with Crippen LogP contribution in [0.2, 0.25) is 10.0 Å². The van der Waals surface area contributed by atoms with Crippen LogP contribution in [0.1, 0.15) is 23.7 Å². The van der Waals surface area contributed by atoms with E-state index in [0.29, 0.717) is 38.8 Å². The number of benzene rings is 2. The predicted molar refractivity (Wildman–Crippen MR) is 124 cm³/mol. The van der Waals surface area contributed by atoms with Crippen LogP contribution in [0.25, 0.3) is 0 Å². The van der Waals surface area contributed by atoms with Gasteiger partial charge in [0.25, 0.3) is 0 Å². The minimum Gasteiger partial charge on any atom is -0.492 e. The van der Waals surface area contributed by atoms with Crippen molar-refractivity contribution in [2.45, 2.75) is 19.5 Å². The number of halogens is 5. The number of anilines is 2. The van der Waals surface area contributed by atoms with Crippen LogP contribution in [0.5, 0.6) is 5.75 Å². The number of carbonyl (C=O) groups excluding carboxylic acids is 1. The Balaban J connectivity index is 1.60. The van der Waals surface area contributed by atoms with Crippen molar-refractivity contribution in [2.75, 3.05) is 11.9 Å². The maximum atomic E-state index is 12.8. The molecule has 1 amide bonds. The van der Waals surface area contributed by atoms with E-state index in [1.807, 2.05) is 0 Å². The van der Waals surface area contributed by atoms with Crippen LogP contribution in [0, 0.1) is 0 Å². The molecule has 0 radical (unpaired) electrons. The Labute approximate surface area is 201 Å². The summed E-state index contributed by atoms with van der Waals surface area (Å²) >= 11 is 13.3. The molecule has 12 heteroatoms. The highest BCUT2D eigenvalue weighted by molar-refractivity contribution is 7.13. The zero-order valence-corrected chi connectivity index (χ0v) is 19.4. The Morgan fingerprint density at radius 1 is 1.27 bits per heavy atom. The number of thiazole rings is 1. The van der Waals surface area contributed by atoms with E-state index >= 15 is 0 Å². The smallest absolute Gasteiger partial charge is 0.416 e. The van der Waals surface area contributed by atoms with Gasteiger partial charge in [0, 0.05) is 21.7 Å². The number of nitrogens with one attached hydrogen (secondary N) is 2. The van der Waals surface area contributed by atoms with Gasteiger partial charge >= 0.3 is 6.18 Å². The molecule has 0 aliphatic rings. The van der Waals surface area contributed by atoms with Crippen LogP contribution in [0.3, 0.4) is 0 Å². The van der Waals surface area contributed by atoms with E-state index in [1.54, 1.807) is 18.4 Å². The van der Waals surface area contributed by atoms with Gasteiger partial charge in [0.1, 0.15) is 5.75 Å². The normalized spacial score (nSPS) is 11.6. The maximum absolute atomic E-state index is 12.8. The minimum atomic E-state index is -4.44. The fraction of sp³-hybridized carbons (Fsp3) is 0.190. The lowest BCUT2D eigenvalue weighted by atomic mass is 10.2. The molecule has 2 aromatic carbocycles. The van der Waals surface area contributed by atoms with E-state index in [2.05, 4.69) is 20.8 Å². The SMILES string of the molecule is CCOc1c(Cl)cc(Cl)cc1/C=N\NC(=O)Cc1csc(Nc2cccc(C(F)(F)F)c2)n1. The first kappa shape index (κ1) is 24.8. The lowest BCUT2D eigenvalue weighted by molar-refractivity contribution is -0.137. The fourth-order valence-corrected chi connectivity index (χ4v) is 3.99. The average Bonchev–Trinajstić information content (AvgIpc) is 3.16. The molecule has 1 heterocycles. The van der Waals surface area contributed by atoms with Gasteiger partial charge in [-0.25, -0.2) is 10.4 Å². The Morgan fingerprint density at radius 2 is 2.06 bits per heavy atom. The topological polar surface area (TPSA) is 75.6 Å². The minimum absolute atomic E-state index is 0.0767. The number of hydrogen-bond acceptors (Lipinski definition) is 6. The molecule has 3 aromatic rings. The van der Waals surface area contributed by atoms with E-state index < -0.39 is 17.6 Å². The Kier molecular flexibility index (Phi) is 8.17. The predicted octanol–water partition coefficient (Wildman–Crippen LogP) is 6.30. The molecule has 0 saturated carbocycles. The van der Waals surface area contributed by atoms with Gasteiger partial charge in [-0.15, -0.1) is 11.3 Å². The van der Waals surface area contributed by atoms with Gasteiger partial charge < -0.3 is 10.1 Å². The van der Waals surface area contributed by atoms with Crippen molar-refractivity contribution in [1.29, 1.82) is 0 Å². The molecule has 0 atom stereocenters. The van der Waals surface area contributed by atoms with Gasteiger partial charge in [0.2, 0.25) is 5.91 Å². The van der Waals surface area contributed by atoms with Crippen molar-refractivity contribution in [3.05, 3.63) is 68.6 Å². The van der Waals surface area contributed by atoms with Gasteiger partial charge in [-0.2, -0.15) is 18.3 Å². The van der Waals surface area contributed by atoms with Crippen molar-refractivity contribution in [3.63, 3.8) is 0 Å². The third kappa shape index (κ3) is 7.08. The average molecular weight is 517 g/mol. The molecular formula is C21H17Cl2F3N4O2S. The largest absolute Gasteiger partial charge is 0.492 e. The molecule has 6 nitrogen and oxygen atoms in total. The quantitative estimate of drug-likeness (QED) is 0.272. The number of amides is 1. The number of nitrogens with zero attached hydrogens (tertiary/aromatic N) is 2. The van der Waals surface area contributed by atoms with Gasteiger partial charge in [-0.1, -0.05) is 29.3 Å². The van der Waals surface area contributed by atoms with E-state index in [0.717, 1.165) is 23.5 Å². The Morgan fingerprint density at radius 3 is 2.79 bits per heavy atom. The third-order valence-electron chi connectivity index (χ3n) is 4.05. The summed E-state index contributed by atoms with van der Waals surface area (Å²) in [5.41, 5.74) is 2.78. The van der Waals surface area contributed by atoms with Gasteiger partial charge in [0.05, 0.1) is 35.5 Å². The first-order chi connectivity index (χ1) is 15.7. The lowest BCUT2D eigenvalue weighted by Crippen LogP contribution is -2.20. The highest BCUT2D eigenvalue weighted by atomic mass is 35.5. The molecule has 0 aliphatic carbocycles. The van der Waals surface area contributed by atoms with E-state index in [-0.39, 0.29) is 12.1 Å². The number of hydrazone groups is 1. The number of alkyl halides is 3. The molecule has 0 bridgehead atoms. The molecule has 0 unspecified atom stereocenters. The van der Waals surface area contributed by atoms with Gasteiger partial charge in [0.15, 0.2) is 5.13 Å². The summed E-state index contributed by atoms with van der Waals surface area (Å²) < 4.78 is 44.0. The first-order valence-electron chi connectivity index (χ1n) is 9.48. The standard InChI is InChI=1S/C21H17Cl2F3N4O2S/c1-2-32-19-12(6-14(22)8-17(19)23)10-27-30-18(31)9-16-11-33-20(29-16)28-15-5-3-4-13(7-15)21(24,25)26/h3-8,10-11H,2,9H2,1H3,(H,28,29)(H,30,31)/b27-10-. The van der Waals surface area contributed by atoms with Crippen LogP contribution in [0.4, 0.5) is 24.0 Å². The van der Waals surface area contributed by atoms with Crippen LogP contribution in [-0.2, 0) is 17.4 Å². The van der Waals surface area contributed by atoms with E-state index in [4.69, 9.17) is 27.9 Å². The van der Waals surface area contributed by atoms with E-state index in [1.165, 1.54) is 24.4 Å². The van der Waals surface area contributed by atoms with Crippen molar-refractivity contribution in [1.82, 2.24) is 10.4 Å². The van der Waals surface area contributed by atoms with Crippen LogP contribution < -0.4 is 15.5 Å². The molecule has 0 spiro atoms. The molecular weight excluding hydrogens is 500 g/mol. The molecule has 0 aliphatic heterocycles. The second kappa shape index (κ2) is 10.9. The summed E-state index contributed by atoms with van der Waals surface area (Å²) in [6.07, 6.45) is -3.15. The summed E-state index contributed by atoms with van der Waals surface area (Å²) in [7, 11) is 0. The summed E-state index contributed by atoms with van der Waals surface area (Å²) in [6.45, 7) is 2.19. The second-order valence-corrected chi connectivity index (χ2v) is 8.26. The highest BCUT2D eigenvalue weighted by Crippen LogP contribution is 2.32. The van der Waals surface area contributed by atoms with Crippen molar-refractivity contribution in [2.24, 2.45) is 5.10 Å². The highest BCUT2D eigenvalue weighted by Gasteiger charge is 2.30. The third-order valence-corrected chi connectivity index (χ3v) is 5.36. The summed E-state index contributed by atoms with van der Waals surface area (Å²) in [4.78, 5) is 16.4. The maximum Gasteiger partial charge on any atom is 0.416 e. The van der Waals surface area contributed by atoms with Crippen LogP contribution in [-0.4, -0.2) is 23.7 Å². The molecule has 3 rings (SSSR count). The van der Waals surface area contributed by atoms with E-state index in [9.17, 15) is 18.0 Å². The summed E-state index contributed by atoms with van der Waals surface area (Å²) in [5, 5.41) is 9.41. The molecule has 2 N–H and O–H groups in total. The van der Waals surface area contributed by atoms with Crippen molar-refractivity contribution < 1.29 is 22.7 Å². The number of hydrogen-bond donors (Lipinski definition) is 2. The molecule has 33 heavy (non-hydrogen) atoms. The van der Waals surface area contributed by atoms with Gasteiger partial charge in [-0.05, 0) is 37.3 Å². The fourth-order valence-electron chi connectivity index (χ4n) is 2.69. The molecule has 174 valence electrons. The van der Waals surface area contributed by atoms with Gasteiger partial charge in [-0.3, -0.25) is 4.79 Å². The number of rotatable bonds is 8. The number of aromatic nitrogens is 1. The molecule has 1 aromatic heterocycles. The number of carbonyl (C=O) groups is 1. The summed E-state index contributed by atoms with van der Waals surface area (Å²) in [6, 6.07) is 7.90. The summed E-state index contributed by atoms with van der Waals surface area (Å²) in [5.74, 6) is -0.0420. The first-order valence-corrected chi connectivity index (χ1v) is 11.1. The monoisotopic (exact) mass is 516 g/mol. The number of ether oxygens (including phenoxy) is 1.